The van der Waals surface area contributed by atoms with Gasteiger partial charge in [0.2, 0.25) is 0 Å². The molecule has 1 N–H and O–H groups in total. The fourth-order valence-electron chi connectivity index (χ4n) is 2.89. The lowest BCUT2D eigenvalue weighted by Crippen LogP contribution is -2.10. The van der Waals surface area contributed by atoms with Gasteiger partial charge in [0.25, 0.3) is 5.91 Å². The molecule has 0 aliphatic carbocycles. The standard InChI is InChI=1S/C25H18ClNO2/c26-22-9-5-4-8-21(22)23-16-17-24(29-23)25(28)27-20-14-12-19(13-15-20)11-10-18-6-2-1-3-7-18/h1-17H,(H,27,28)/b11-10-. The van der Waals surface area contributed by atoms with Crippen molar-refractivity contribution in [3.8, 4) is 11.3 Å². The van der Waals surface area contributed by atoms with Gasteiger partial charge in [-0.25, -0.2) is 0 Å². The van der Waals surface area contributed by atoms with Crippen molar-refractivity contribution in [3.05, 3.63) is 113 Å². The third-order valence-electron chi connectivity index (χ3n) is 4.41. The van der Waals surface area contributed by atoms with E-state index in [1.54, 1.807) is 18.2 Å². The number of carbonyl (C=O) groups is 1. The van der Waals surface area contributed by atoms with Gasteiger partial charge in [0.05, 0.1) is 5.02 Å². The maximum absolute atomic E-state index is 12.5. The number of amides is 1. The molecule has 4 rings (SSSR count). The molecule has 29 heavy (non-hydrogen) atoms. The van der Waals surface area contributed by atoms with Crippen molar-refractivity contribution in [2.24, 2.45) is 0 Å². The summed E-state index contributed by atoms with van der Waals surface area (Å²) in [6.07, 6.45) is 4.08. The SMILES string of the molecule is O=C(Nc1ccc(/C=C\c2ccccc2)cc1)c1ccc(-c2ccccc2Cl)o1. The monoisotopic (exact) mass is 399 g/mol. The fraction of sp³-hybridized carbons (Fsp3) is 0. The average Bonchev–Trinajstić information content (AvgIpc) is 3.24. The topological polar surface area (TPSA) is 42.2 Å². The van der Waals surface area contributed by atoms with Crippen LogP contribution in [-0.2, 0) is 0 Å². The summed E-state index contributed by atoms with van der Waals surface area (Å²) < 4.78 is 5.69. The number of hydrogen-bond acceptors (Lipinski definition) is 2. The lowest BCUT2D eigenvalue weighted by atomic mass is 10.1. The molecular formula is C25H18ClNO2. The van der Waals surface area contributed by atoms with Gasteiger partial charge in [0, 0.05) is 11.3 Å². The number of nitrogens with one attached hydrogen (secondary N) is 1. The number of furan rings is 1. The molecular weight excluding hydrogens is 382 g/mol. The highest BCUT2D eigenvalue weighted by Gasteiger charge is 2.14. The molecule has 1 aromatic heterocycles. The number of halogens is 1. The number of carbonyl (C=O) groups excluding carboxylic acids is 1. The Morgan fingerprint density at radius 2 is 1.41 bits per heavy atom. The Morgan fingerprint density at radius 1 is 0.759 bits per heavy atom. The molecule has 0 bridgehead atoms. The Labute approximate surface area is 174 Å². The minimum Gasteiger partial charge on any atom is -0.451 e. The molecule has 0 unspecified atom stereocenters. The zero-order valence-corrected chi connectivity index (χ0v) is 16.3. The second kappa shape index (κ2) is 8.63. The Bertz CT molecular complexity index is 1140. The third kappa shape index (κ3) is 4.65. The van der Waals surface area contributed by atoms with Gasteiger partial charge in [-0.1, -0.05) is 78.4 Å². The van der Waals surface area contributed by atoms with Crippen LogP contribution in [0.4, 0.5) is 5.69 Å². The van der Waals surface area contributed by atoms with Crippen molar-refractivity contribution in [2.75, 3.05) is 5.32 Å². The van der Waals surface area contributed by atoms with E-state index >= 15 is 0 Å². The Morgan fingerprint density at radius 3 is 2.14 bits per heavy atom. The van der Waals surface area contributed by atoms with Crippen LogP contribution in [0.2, 0.25) is 5.02 Å². The molecule has 4 heteroatoms. The highest BCUT2D eigenvalue weighted by molar-refractivity contribution is 6.33. The van der Waals surface area contributed by atoms with E-state index < -0.39 is 0 Å². The van der Waals surface area contributed by atoms with Crippen LogP contribution in [0.3, 0.4) is 0 Å². The zero-order valence-electron chi connectivity index (χ0n) is 15.5. The quantitative estimate of drug-likeness (QED) is 0.366. The van der Waals surface area contributed by atoms with Crippen LogP contribution in [0.5, 0.6) is 0 Å². The summed E-state index contributed by atoms with van der Waals surface area (Å²) in [6, 6.07) is 28.5. The molecule has 0 saturated carbocycles. The first-order valence-electron chi connectivity index (χ1n) is 9.18. The van der Waals surface area contributed by atoms with Crippen LogP contribution >= 0.6 is 11.6 Å². The predicted octanol–water partition coefficient (Wildman–Crippen LogP) is 7.02. The highest BCUT2D eigenvalue weighted by Crippen LogP contribution is 2.29. The van der Waals surface area contributed by atoms with E-state index in [1.807, 2.05) is 84.9 Å². The van der Waals surface area contributed by atoms with E-state index in [-0.39, 0.29) is 11.7 Å². The molecule has 0 spiro atoms. The van der Waals surface area contributed by atoms with E-state index in [0.717, 1.165) is 16.7 Å². The largest absolute Gasteiger partial charge is 0.451 e. The number of anilines is 1. The predicted molar refractivity (Wildman–Crippen MR) is 119 cm³/mol. The van der Waals surface area contributed by atoms with Gasteiger partial charge >= 0.3 is 0 Å². The molecule has 142 valence electrons. The first-order valence-corrected chi connectivity index (χ1v) is 9.56. The van der Waals surface area contributed by atoms with Gasteiger partial charge in [-0.2, -0.15) is 0 Å². The number of hydrogen-bond donors (Lipinski definition) is 1. The molecule has 3 nitrogen and oxygen atoms in total. The lowest BCUT2D eigenvalue weighted by molar-refractivity contribution is 0.0997. The first-order chi connectivity index (χ1) is 14.2. The summed E-state index contributed by atoms with van der Waals surface area (Å²) in [6.45, 7) is 0. The van der Waals surface area contributed by atoms with Gasteiger partial charge in [-0.05, 0) is 47.5 Å². The molecule has 0 fully saturated rings. The Balaban J connectivity index is 1.42. The van der Waals surface area contributed by atoms with Crippen LogP contribution in [-0.4, -0.2) is 5.91 Å². The molecule has 4 aromatic rings. The summed E-state index contributed by atoms with van der Waals surface area (Å²) in [7, 11) is 0. The smallest absolute Gasteiger partial charge is 0.291 e. The van der Waals surface area contributed by atoms with Gasteiger partial charge in [0.1, 0.15) is 5.76 Å². The van der Waals surface area contributed by atoms with Crippen LogP contribution < -0.4 is 5.32 Å². The summed E-state index contributed by atoms with van der Waals surface area (Å²) >= 11 is 6.19. The van der Waals surface area contributed by atoms with E-state index in [9.17, 15) is 4.79 Å². The molecule has 0 atom stereocenters. The van der Waals surface area contributed by atoms with Crippen LogP contribution in [0.1, 0.15) is 21.7 Å². The summed E-state index contributed by atoms with van der Waals surface area (Å²) in [5.41, 5.74) is 3.63. The van der Waals surface area contributed by atoms with E-state index in [0.29, 0.717) is 16.5 Å². The van der Waals surface area contributed by atoms with E-state index in [4.69, 9.17) is 16.0 Å². The van der Waals surface area contributed by atoms with Crippen molar-refractivity contribution >= 4 is 35.3 Å². The summed E-state index contributed by atoms with van der Waals surface area (Å²) in [5.74, 6) is 0.478. The van der Waals surface area contributed by atoms with Gasteiger partial charge in [-0.3, -0.25) is 4.79 Å². The van der Waals surface area contributed by atoms with Crippen molar-refractivity contribution in [2.45, 2.75) is 0 Å². The van der Waals surface area contributed by atoms with Crippen molar-refractivity contribution < 1.29 is 9.21 Å². The van der Waals surface area contributed by atoms with Crippen LogP contribution in [0, 0.1) is 0 Å². The molecule has 0 aliphatic heterocycles. The molecule has 0 radical (unpaired) electrons. The van der Waals surface area contributed by atoms with Gasteiger partial charge in [-0.15, -0.1) is 0 Å². The lowest BCUT2D eigenvalue weighted by Gasteiger charge is -2.04. The van der Waals surface area contributed by atoms with Crippen LogP contribution in [0.25, 0.3) is 23.5 Å². The Hall–Kier alpha value is -3.56. The zero-order chi connectivity index (χ0) is 20.1. The summed E-state index contributed by atoms with van der Waals surface area (Å²) in [4.78, 5) is 12.5. The van der Waals surface area contributed by atoms with E-state index in [1.165, 1.54) is 0 Å². The average molecular weight is 400 g/mol. The molecule has 0 aliphatic rings. The molecule has 0 saturated heterocycles. The second-order valence-electron chi connectivity index (χ2n) is 6.46. The first kappa shape index (κ1) is 18.8. The molecule has 1 heterocycles. The number of rotatable bonds is 5. The van der Waals surface area contributed by atoms with Crippen molar-refractivity contribution in [1.29, 1.82) is 0 Å². The summed E-state index contributed by atoms with van der Waals surface area (Å²) in [5, 5.41) is 3.43. The minimum absolute atomic E-state index is 0.230. The fourth-order valence-corrected chi connectivity index (χ4v) is 3.12. The third-order valence-corrected chi connectivity index (χ3v) is 4.74. The van der Waals surface area contributed by atoms with Crippen LogP contribution in [0.15, 0.2) is 95.4 Å². The van der Waals surface area contributed by atoms with Gasteiger partial charge < -0.3 is 9.73 Å². The normalized spacial score (nSPS) is 10.9. The maximum Gasteiger partial charge on any atom is 0.291 e. The van der Waals surface area contributed by atoms with E-state index in [2.05, 4.69) is 5.32 Å². The Kier molecular flexibility index (Phi) is 5.59. The minimum atomic E-state index is -0.309. The highest BCUT2D eigenvalue weighted by atomic mass is 35.5. The molecule has 3 aromatic carbocycles. The van der Waals surface area contributed by atoms with Crippen molar-refractivity contribution in [3.63, 3.8) is 0 Å². The van der Waals surface area contributed by atoms with Gasteiger partial charge in [0.15, 0.2) is 5.76 Å². The second-order valence-corrected chi connectivity index (χ2v) is 6.87. The number of benzene rings is 3. The molecule has 1 amide bonds. The van der Waals surface area contributed by atoms with Crippen molar-refractivity contribution in [1.82, 2.24) is 0 Å². The maximum atomic E-state index is 12.5.